The van der Waals surface area contributed by atoms with E-state index in [2.05, 4.69) is 21.2 Å². The molecule has 0 aliphatic carbocycles. The summed E-state index contributed by atoms with van der Waals surface area (Å²) in [4.78, 5) is 0. The van der Waals surface area contributed by atoms with E-state index in [1.165, 1.54) is 13.2 Å². The minimum absolute atomic E-state index is 0.292. The number of halogens is 3. The number of nitrogens with one attached hydrogen (secondary N) is 1. The number of hydrogen-bond acceptors (Lipinski definition) is 2. The number of ether oxygens (including phenoxy) is 1. The molecule has 0 saturated heterocycles. The summed E-state index contributed by atoms with van der Waals surface area (Å²) in [5, 5.41) is 3.78. The van der Waals surface area contributed by atoms with Gasteiger partial charge in [-0.2, -0.15) is 0 Å². The van der Waals surface area contributed by atoms with Gasteiger partial charge in [-0.25, -0.2) is 4.39 Å². The molecule has 1 N–H and O–H groups in total. The molecule has 0 saturated carbocycles. The number of hydrogen-bond donors (Lipinski definition) is 1. The molecular weight excluding hydrogens is 333 g/mol. The molecule has 0 fully saturated rings. The molecule has 2 rings (SSSR count). The lowest BCUT2D eigenvalue weighted by Crippen LogP contribution is -2.02. The lowest BCUT2D eigenvalue weighted by molar-refractivity contribution is 0.411. The summed E-state index contributed by atoms with van der Waals surface area (Å²) in [5.41, 5.74) is 1.44. The third-order valence-corrected chi connectivity index (χ3v) is 3.88. The largest absolute Gasteiger partial charge is 0.497 e. The number of benzene rings is 2. The van der Waals surface area contributed by atoms with Crippen LogP contribution < -0.4 is 10.1 Å². The Morgan fingerprint density at radius 2 is 2.05 bits per heavy atom. The highest BCUT2D eigenvalue weighted by Gasteiger charge is 2.04. The van der Waals surface area contributed by atoms with Gasteiger partial charge in [0.15, 0.2) is 0 Å². The van der Waals surface area contributed by atoms with Crippen LogP contribution in [-0.4, -0.2) is 7.11 Å². The third-order valence-electron chi connectivity index (χ3n) is 2.66. The Balaban J connectivity index is 2.07. The van der Waals surface area contributed by atoms with E-state index < -0.39 is 0 Å². The fourth-order valence-electron chi connectivity index (χ4n) is 1.60. The Morgan fingerprint density at radius 1 is 1.26 bits per heavy atom. The van der Waals surface area contributed by atoms with E-state index in [9.17, 15) is 4.39 Å². The van der Waals surface area contributed by atoms with Crippen molar-refractivity contribution in [1.29, 1.82) is 0 Å². The van der Waals surface area contributed by atoms with E-state index >= 15 is 0 Å². The van der Waals surface area contributed by atoms with Crippen LogP contribution in [0.1, 0.15) is 5.56 Å². The summed E-state index contributed by atoms with van der Waals surface area (Å²) < 4.78 is 19.5. The monoisotopic (exact) mass is 343 g/mol. The van der Waals surface area contributed by atoms with Crippen LogP contribution in [-0.2, 0) is 6.54 Å². The second kappa shape index (κ2) is 6.26. The Hall–Kier alpha value is -1.26. The van der Waals surface area contributed by atoms with E-state index in [0.717, 1.165) is 10.2 Å². The number of anilines is 1. The molecule has 0 unspecified atom stereocenters. The third kappa shape index (κ3) is 3.61. The van der Waals surface area contributed by atoms with E-state index in [0.29, 0.717) is 22.9 Å². The predicted octanol–water partition coefficient (Wildman–Crippen LogP) is 4.86. The van der Waals surface area contributed by atoms with Crippen LogP contribution >= 0.6 is 27.5 Å². The van der Waals surface area contributed by atoms with Gasteiger partial charge in [-0.1, -0.05) is 17.7 Å². The van der Waals surface area contributed by atoms with Crippen LogP contribution in [0.3, 0.4) is 0 Å². The average Bonchev–Trinajstić information content (AvgIpc) is 2.41. The highest BCUT2D eigenvalue weighted by atomic mass is 79.9. The molecule has 0 aliphatic heterocycles. The van der Waals surface area contributed by atoms with Crippen molar-refractivity contribution < 1.29 is 9.13 Å². The summed E-state index contributed by atoms with van der Waals surface area (Å²) in [7, 11) is 1.51. The molecule has 0 atom stereocenters. The van der Waals surface area contributed by atoms with Crippen molar-refractivity contribution in [3.05, 3.63) is 57.3 Å². The Morgan fingerprint density at radius 3 is 2.68 bits per heavy atom. The molecule has 100 valence electrons. The van der Waals surface area contributed by atoms with Crippen LogP contribution in [0, 0.1) is 5.82 Å². The molecule has 0 aliphatic rings. The topological polar surface area (TPSA) is 21.3 Å². The van der Waals surface area contributed by atoms with Crippen molar-refractivity contribution >= 4 is 33.2 Å². The fourth-order valence-corrected chi connectivity index (χ4v) is 2.10. The Kier molecular flexibility index (Phi) is 4.66. The second-order valence-corrected chi connectivity index (χ2v) is 5.20. The van der Waals surface area contributed by atoms with Crippen LogP contribution in [0.5, 0.6) is 5.75 Å². The molecule has 0 radical (unpaired) electrons. The van der Waals surface area contributed by atoms with Crippen molar-refractivity contribution in [2.24, 2.45) is 0 Å². The van der Waals surface area contributed by atoms with Crippen LogP contribution in [0.2, 0.25) is 5.02 Å². The smallest absolute Gasteiger partial charge is 0.131 e. The fraction of sp³-hybridized carbons (Fsp3) is 0.143. The van der Waals surface area contributed by atoms with Crippen molar-refractivity contribution in [2.75, 3.05) is 12.4 Å². The van der Waals surface area contributed by atoms with Crippen LogP contribution in [0.15, 0.2) is 40.9 Å². The van der Waals surface area contributed by atoms with Crippen molar-refractivity contribution in [3.8, 4) is 5.75 Å². The molecule has 0 bridgehead atoms. The van der Waals surface area contributed by atoms with Crippen molar-refractivity contribution in [1.82, 2.24) is 0 Å². The molecule has 0 amide bonds. The van der Waals surface area contributed by atoms with E-state index in [1.807, 2.05) is 12.1 Å². The van der Waals surface area contributed by atoms with Gasteiger partial charge in [-0.3, -0.25) is 0 Å². The highest BCUT2D eigenvalue weighted by Crippen LogP contribution is 2.26. The van der Waals surface area contributed by atoms with Gasteiger partial charge in [-0.05, 0) is 40.2 Å². The van der Waals surface area contributed by atoms with Crippen molar-refractivity contribution in [2.45, 2.75) is 6.54 Å². The van der Waals surface area contributed by atoms with E-state index in [-0.39, 0.29) is 5.82 Å². The zero-order valence-corrected chi connectivity index (χ0v) is 12.6. The average molecular weight is 345 g/mol. The van der Waals surface area contributed by atoms with Gasteiger partial charge in [0, 0.05) is 28.3 Å². The molecule has 2 aromatic carbocycles. The van der Waals surface area contributed by atoms with Gasteiger partial charge < -0.3 is 10.1 Å². The predicted molar refractivity (Wildman–Crippen MR) is 79.4 cm³/mol. The number of methoxy groups -OCH3 is 1. The Labute approximate surface area is 124 Å². The first kappa shape index (κ1) is 14.2. The maximum atomic E-state index is 13.7. The minimum Gasteiger partial charge on any atom is -0.497 e. The quantitative estimate of drug-likeness (QED) is 0.855. The summed E-state index contributed by atoms with van der Waals surface area (Å²) in [6, 6.07) is 10.3. The summed E-state index contributed by atoms with van der Waals surface area (Å²) in [6.45, 7) is 0.393. The normalized spacial score (nSPS) is 10.3. The van der Waals surface area contributed by atoms with Crippen molar-refractivity contribution in [3.63, 3.8) is 0 Å². The molecular formula is C14H12BrClFNO. The molecule has 2 nitrogen and oxygen atoms in total. The van der Waals surface area contributed by atoms with Gasteiger partial charge in [0.05, 0.1) is 12.1 Å². The molecule has 2 aromatic rings. The summed E-state index contributed by atoms with van der Waals surface area (Å²) >= 11 is 9.25. The summed E-state index contributed by atoms with van der Waals surface area (Å²) in [5.74, 6) is 0.218. The first-order valence-corrected chi connectivity index (χ1v) is 6.78. The molecule has 5 heteroatoms. The van der Waals surface area contributed by atoms with Gasteiger partial charge in [0.2, 0.25) is 0 Å². The lowest BCUT2D eigenvalue weighted by atomic mass is 10.2. The molecule has 19 heavy (non-hydrogen) atoms. The second-order valence-electron chi connectivity index (χ2n) is 3.94. The molecule has 0 spiro atoms. The first-order valence-electron chi connectivity index (χ1n) is 5.61. The van der Waals surface area contributed by atoms with Gasteiger partial charge in [0.1, 0.15) is 11.6 Å². The van der Waals surface area contributed by atoms with Gasteiger partial charge in [0.25, 0.3) is 0 Å². The maximum Gasteiger partial charge on any atom is 0.131 e. The minimum atomic E-state index is -0.292. The summed E-state index contributed by atoms with van der Waals surface area (Å²) in [6.07, 6.45) is 0. The maximum absolute atomic E-state index is 13.7. The first-order chi connectivity index (χ1) is 9.10. The molecule has 0 heterocycles. The zero-order chi connectivity index (χ0) is 13.8. The van der Waals surface area contributed by atoms with Crippen LogP contribution in [0.4, 0.5) is 10.1 Å². The Bertz CT molecular complexity index is 592. The van der Waals surface area contributed by atoms with Gasteiger partial charge >= 0.3 is 0 Å². The zero-order valence-electron chi connectivity index (χ0n) is 10.2. The van der Waals surface area contributed by atoms with E-state index in [4.69, 9.17) is 16.3 Å². The standard InChI is InChI=1S/C14H12BrClFNO/c1-19-11-4-2-9(14(17)7-11)8-18-10-3-5-13(16)12(15)6-10/h2-7,18H,8H2,1H3. The highest BCUT2D eigenvalue weighted by molar-refractivity contribution is 9.10. The van der Waals surface area contributed by atoms with Crippen LogP contribution in [0.25, 0.3) is 0 Å². The number of rotatable bonds is 4. The van der Waals surface area contributed by atoms with E-state index in [1.54, 1.807) is 18.2 Å². The molecule has 0 aromatic heterocycles. The SMILES string of the molecule is COc1ccc(CNc2ccc(Cl)c(Br)c2)c(F)c1. The van der Waals surface area contributed by atoms with Gasteiger partial charge in [-0.15, -0.1) is 0 Å². The lowest BCUT2D eigenvalue weighted by Gasteiger charge is -2.09.